The van der Waals surface area contributed by atoms with Crippen LogP contribution >= 0.6 is 0 Å². The third-order valence-electron chi connectivity index (χ3n) is 1.44. The van der Waals surface area contributed by atoms with E-state index in [9.17, 15) is 9.59 Å². The van der Waals surface area contributed by atoms with Crippen molar-refractivity contribution in [3.05, 3.63) is 11.4 Å². The molecule has 1 heterocycles. The molecule has 68 valence electrons. The molecule has 1 rings (SSSR count). The lowest BCUT2D eigenvalue weighted by Crippen LogP contribution is -2.19. The van der Waals surface area contributed by atoms with Crippen LogP contribution < -0.4 is 10.6 Å². The highest BCUT2D eigenvalue weighted by Gasteiger charge is 2.22. The van der Waals surface area contributed by atoms with Gasteiger partial charge < -0.3 is 15.4 Å². The summed E-state index contributed by atoms with van der Waals surface area (Å²) < 4.78 is 4.34. The fourth-order valence-electron chi connectivity index (χ4n) is 0.853. The lowest BCUT2D eigenvalue weighted by atomic mass is 10.3. The lowest BCUT2D eigenvalue weighted by molar-refractivity contribution is -0.135. The van der Waals surface area contributed by atoms with Crippen molar-refractivity contribution in [1.82, 2.24) is 10.6 Å². The van der Waals surface area contributed by atoms with Gasteiger partial charge in [-0.15, -0.1) is 0 Å². The molecular formula is C7H7N3O3. The zero-order valence-corrected chi connectivity index (χ0v) is 6.88. The Morgan fingerprint density at radius 1 is 1.69 bits per heavy atom. The number of methoxy groups -OCH3 is 1. The molecule has 0 bridgehead atoms. The molecule has 1 amide bonds. The first-order chi connectivity index (χ1) is 6.19. The number of hydrogen-bond acceptors (Lipinski definition) is 5. The van der Waals surface area contributed by atoms with Crippen LogP contribution in [0.15, 0.2) is 11.4 Å². The number of carbonyl (C=O) groups is 2. The van der Waals surface area contributed by atoms with Gasteiger partial charge in [-0.3, -0.25) is 4.79 Å². The highest BCUT2D eigenvalue weighted by atomic mass is 16.5. The first-order valence-corrected chi connectivity index (χ1v) is 3.45. The number of amides is 1. The summed E-state index contributed by atoms with van der Waals surface area (Å²) in [5.74, 6) is -0.946. The van der Waals surface area contributed by atoms with Crippen LogP contribution in [0.5, 0.6) is 0 Å². The average Bonchev–Trinajstić information content (AvgIpc) is 2.53. The predicted molar refractivity (Wildman–Crippen MR) is 40.8 cm³/mol. The standard InChI is InChI=1S/C7H7N3O3/c1-13-7(12)4(2-8)6-9-3-5(11)10-6/h9H,3H2,1H3,(H,10,11)/b6-4-. The molecule has 0 unspecified atom stereocenters. The van der Waals surface area contributed by atoms with E-state index in [4.69, 9.17) is 5.26 Å². The van der Waals surface area contributed by atoms with Gasteiger partial charge in [0.2, 0.25) is 5.91 Å². The zero-order valence-electron chi connectivity index (χ0n) is 6.88. The van der Waals surface area contributed by atoms with E-state index >= 15 is 0 Å². The number of nitrogens with zero attached hydrogens (tertiary/aromatic N) is 1. The quantitative estimate of drug-likeness (QED) is 0.295. The summed E-state index contributed by atoms with van der Waals surface area (Å²) in [6.07, 6.45) is 0. The summed E-state index contributed by atoms with van der Waals surface area (Å²) in [5, 5.41) is 13.5. The number of esters is 1. The molecule has 0 aromatic heterocycles. The van der Waals surface area contributed by atoms with Gasteiger partial charge >= 0.3 is 5.97 Å². The number of hydrogen-bond donors (Lipinski definition) is 2. The van der Waals surface area contributed by atoms with Crippen LogP contribution in [-0.2, 0) is 14.3 Å². The normalized spacial score (nSPS) is 18.3. The number of rotatable bonds is 1. The first-order valence-electron chi connectivity index (χ1n) is 3.45. The Morgan fingerprint density at radius 2 is 2.38 bits per heavy atom. The fourth-order valence-corrected chi connectivity index (χ4v) is 0.853. The van der Waals surface area contributed by atoms with Crippen molar-refractivity contribution in [2.45, 2.75) is 0 Å². The largest absolute Gasteiger partial charge is 0.465 e. The van der Waals surface area contributed by atoms with Gasteiger partial charge in [0.1, 0.15) is 11.9 Å². The predicted octanol–water partition coefficient (Wildman–Crippen LogP) is -1.39. The van der Waals surface area contributed by atoms with Crippen LogP contribution in [0.2, 0.25) is 0 Å². The summed E-state index contributed by atoms with van der Waals surface area (Å²) in [4.78, 5) is 21.7. The summed E-state index contributed by atoms with van der Waals surface area (Å²) in [7, 11) is 1.16. The highest BCUT2D eigenvalue weighted by Crippen LogP contribution is 2.03. The maximum Gasteiger partial charge on any atom is 0.352 e. The molecule has 6 nitrogen and oxygen atoms in total. The van der Waals surface area contributed by atoms with E-state index in [0.717, 1.165) is 7.11 Å². The Bertz CT molecular complexity index is 326. The van der Waals surface area contributed by atoms with Gasteiger partial charge in [0.05, 0.1) is 13.7 Å². The second kappa shape index (κ2) is 3.58. The van der Waals surface area contributed by atoms with Crippen molar-refractivity contribution in [1.29, 1.82) is 5.26 Å². The number of nitrogens with one attached hydrogen (secondary N) is 2. The number of carbonyl (C=O) groups excluding carboxylic acids is 2. The van der Waals surface area contributed by atoms with E-state index < -0.39 is 5.97 Å². The smallest absolute Gasteiger partial charge is 0.352 e. The summed E-state index contributed by atoms with van der Waals surface area (Å²) in [5.41, 5.74) is -0.228. The molecule has 0 radical (unpaired) electrons. The van der Waals surface area contributed by atoms with Crippen molar-refractivity contribution in [2.24, 2.45) is 0 Å². The molecule has 2 N–H and O–H groups in total. The fraction of sp³-hybridized carbons (Fsp3) is 0.286. The van der Waals surface area contributed by atoms with Crippen LogP contribution in [0.25, 0.3) is 0 Å². The van der Waals surface area contributed by atoms with Crippen molar-refractivity contribution >= 4 is 11.9 Å². The molecule has 0 aromatic rings. The molecule has 1 aliphatic rings. The molecule has 0 aromatic carbocycles. The molecule has 6 heteroatoms. The highest BCUT2D eigenvalue weighted by molar-refractivity contribution is 5.95. The van der Waals surface area contributed by atoms with Crippen molar-refractivity contribution in [2.75, 3.05) is 13.7 Å². The van der Waals surface area contributed by atoms with E-state index in [1.165, 1.54) is 0 Å². The van der Waals surface area contributed by atoms with Crippen LogP contribution in [0.1, 0.15) is 0 Å². The minimum absolute atomic E-state index is 0.0670. The van der Waals surface area contributed by atoms with Crippen LogP contribution in [0.4, 0.5) is 0 Å². The molecule has 13 heavy (non-hydrogen) atoms. The van der Waals surface area contributed by atoms with E-state index in [0.29, 0.717) is 0 Å². The molecule has 1 aliphatic heterocycles. The third-order valence-corrected chi connectivity index (χ3v) is 1.44. The van der Waals surface area contributed by atoms with Crippen LogP contribution in [-0.4, -0.2) is 25.5 Å². The van der Waals surface area contributed by atoms with Crippen molar-refractivity contribution in [3.8, 4) is 6.07 Å². The minimum Gasteiger partial charge on any atom is -0.465 e. The maximum atomic E-state index is 10.9. The Hall–Kier alpha value is -2.03. The average molecular weight is 181 g/mol. The van der Waals surface area contributed by atoms with Gasteiger partial charge in [0, 0.05) is 0 Å². The molecule has 0 atom stereocenters. The summed E-state index contributed by atoms with van der Waals surface area (Å²) in [6.45, 7) is 0.0670. The zero-order chi connectivity index (χ0) is 9.84. The topological polar surface area (TPSA) is 91.2 Å². The molecule has 1 fully saturated rings. The molecule has 0 spiro atoms. The Balaban J connectivity index is 2.94. The lowest BCUT2D eigenvalue weighted by Gasteiger charge is -2.00. The second-order valence-electron chi connectivity index (χ2n) is 2.26. The monoisotopic (exact) mass is 181 g/mol. The van der Waals surface area contributed by atoms with Gasteiger partial charge in [-0.2, -0.15) is 5.26 Å². The SMILES string of the molecule is COC(=O)/C(C#N)=C1/NCC(=O)N1. The summed E-state index contributed by atoms with van der Waals surface area (Å²) >= 11 is 0. The second-order valence-corrected chi connectivity index (χ2v) is 2.26. The number of ether oxygens (including phenoxy) is 1. The minimum atomic E-state index is -0.771. The molecule has 0 saturated carbocycles. The van der Waals surface area contributed by atoms with Crippen LogP contribution in [0, 0.1) is 11.3 Å². The van der Waals surface area contributed by atoms with E-state index in [2.05, 4.69) is 15.4 Å². The Labute approximate surface area is 74.2 Å². The summed E-state index contributed by atoms with van der Waals surface area (Å²) in [6, 6.07) is 1.64. The van der Waals surface area contributed by atoms with Gasteiger partial charge in [-0.25, -0.2) is 4.79 Å². The van der Waals surface area contributed by atoms with Crippen molar-refractivity contribution < 1.29 is 14.3 Å². The van der Waals surface area contributed by atoms with E-state index in [-0.39, 0.29) is 23.8 Å². The van der Waals surface area contributed by atoms with Gasteiger partial charge in [0.25, 0.3) is 0 Å². The van der Waals surface area contributed by atoms with E-state index in [1.807, 2.05) is 0 Å². The molecule has 1 saturated heterocycles. The number of nitriles is 1. The Morgan fingerprint density at radius 3 is 2.77 bits per heavy atom. The Kier molecular flexibility index (Phi) is 2.50. The van der Waals surface area contributed by atoms with Gasteiger partial charge in [0.15, 0.2) is 5.57 Å². The molecular weight excluding hydrogens is 174 g/mol. The van der Waals surface area contributed by atoms with Crippen molar-refractivity contribution in [3.63, 3.8) is 0 Å². The van der Waals surface area contributed by atoms with Gasteiger partial charge in [-0.1, -0.05) is 0 Å². The van der Waals surface area contributed by atoms with Crippen LogP contribution in [0.3, 0.4) is 0 Å². The third kappa shape index (κ3) is 1.76. The first kappa shape index (κ1) is 9.06. The molecule has 0 aliphatic carbocycles. The maximum absolute atomic E-state index is 10.9. The van der Waals surface area contributed by atoms with E-state index in [1.54, 1.807) is 6.07 Å². The van der Waals surface area contributed by atoms with Gasteiger partial charge in [-0.05, 0) is 0 Å².